The average molecular weight is 357 g/mol. The van der Waals surface area contributed by atoms with Gasteiger partial charge in [-0.3, -0.25) is 9.59 Å². The molecule has 0 aromatic heterocycles. The predicted molar refractivity (Wildman–Crippen MR) is 94.1 cm³/mol. The molecule has 4 nitrogen and oxygen atoms in total. The van der Waals surface area contributed by atoms with E-state index in [1.165, 1.54) is 31.1 Å². The van der Waals surface area contributed by atoms with Crippen molar-refractivity contribution in [3.63, 3.8) is 0 Å². The van der Waals surface area contributed by atoms with Gasteiger partial charge in [0.2, 0.25) is 11.8 Å². The van der Waals surface area contributed by atoms with Crippen molar-refractivity contribution in [2.24, 2.45) is 0 Å². The molecular formula is C17H22Cl2N2O2. The second-order valence-electron chi connectivity index (χ2n) is 5.90. The van der Waals surface area contributed by atoms with Crippen LogP contribution < -0.4 is 10.2 Å². The lowest BCUT2D eigenvalue weighted by atomic mass is 9.95. The Bertz CT molecular complexity index is 572. The van der Waals surface area contributed by atoms with Crippen LogP contribution in [0.25, 0.3) is 0 Å². The highest BCUT2D eigenvalue weighted by molar-refractivity contribution is 6.44. The Morgan fingerprint density at radius 1 is 1.22 bits per heavy atom. The number of nitrogens with zero attached hydrogens (tertiary/aromatic N) is 1. The lowest BCUT2D eigenvalue weighted by Crippen LogP contribution is -2.39. The number of carbonyl (C=O) groups is 2. The number of amides is 2. The molecule has 0 atom stereocenters. The zero-order valence-electron chi connectivity index (χ0n) is 13.3. The van der Waals surface area contributed by atoms with E-state index in [0.717, 1.165) is 12.8 Å². The molecular weight excluding hydrogens is 335 g/mol. The fourth-order valence-corrected chi connectivity index (χ4v) is 3.31. The van der Waals surface area contributed by atoms with Crippen molar-refractivity contribution in [1.82, 2.24) is 5.32 Å². The molecule has 0 bridgehead atoms. The van der Waals surface area contributed by atoms with Gasteiger partial charge >= 0.3 is 0 Å². The molecule has 0 saturated heterocycles. The summed E-state index contributed by atoms with van der Waals surface area (Å²) >= 11 is 12.2. The molecule has 1 saturated carbocycles. The van der Waals surface area contributed by atoms with Crippen LogP contribution in [0, 0.1) is 0 Å². The second kappa shape index (κ2) is 8.55. The lowest BCUT2D eigenvalue weighted by molar-refractivity contribution is -0.121. The monoisotopic (exact) mass is 356 g/mol. The molecule has 0 spiro atoms. The quantitative estimate of drug-likeness (QED) is 0.859. The van der Waals surface area contributed by atoms with E-state index < -0.39 is 0 Å². The van der Waals surface area contributed by atoms with Crippen LogP contribution in [-0.2, 0) is 9.59 Å². The van der Waals surface area contributed by atoms with Crippen LogP contribution in [0.1, 0.15) is 45.4 Å². The fraction of sp³-hybridized carbons (Fsp3) is 0.529. The Morgan fingerprint density at radius 3 is 2.57 bits per heavy atom. The highest BCUT2D eigenvalue weighted by atomic mass is 35.5. The second-order valence-corrected chi connectivity index (χ2v) is 6.68. The Balaban J connectivity index is 1.96. The van der Waals surface area contributed by atoms with Crippen molar-refractivity contribution in [1.29, 1.82) is 0 Å². The first-order valence-electron chi connectivity index (χ1n) is 8.00. The third kappa shape index (κ3) is 5.11. The van der Waals surface area contributed by atoms with Crippen molar-refractivity contribution in [3.05, 3.63) is 28.2 Å². The summed E-state index contributed by atoms with van der Waals surface area (Å²) in [5.74, 6) is -0.194. The number of carbonyl (C=O) groups excluding carboxylic acids is 2. The minimum Gasteiger partial charge on any atom is -0.353 e. The lowest BCUT2D eigenvalue weighted by Gasteiger charge is -2.25. The van der Waals surface area contributed by atoms with Gasteiger partial charge in [-0.25, -0.2) is 0 Å². The number of hydrogen-bond acceptors (Lipinski definition) is 2. The minimum atomic E-state index is -0.167. The van der Waals surface area contributed by atoms with Crippen LogP contribution in [0.5, 0.6) is 0 Å². The maximum atomic E-state index is 12.1. The molecule has 0 unspecified atom stereocenters. The molecule has 2 rings (SSSR count). The number of halogens is 2. The molecule has 2 amide bonds. The molecule has 126 valence electrons. The van der Waals surface area contributed by atoms with E-state index >= 15 is 0 Å². The average Bonchev–Trinajstić information content (AvgIpc) is 2.52. The normalized spacial score (nSPS) is 15.3. The zero-order valence-corrected chi connectivity index (χ0v) is 14.8. The standard InChI is InChI=1S/C17H22Cl2N2O2/c1-12(22)21(15-9-5-8-14(18)17(15)19)11-10-16(23)20-13-6-3-2-4-7-13/h5,8-9,13H,2-4,6-7,10-11H2,1H3,(H,20,23). The summed E-state index contributed by atoms with van der Waals surface area (Å²) < 4.78 is 0. The minimum absolute atomic E-state index is 0.0266. The molecule has 0 radical (unpaired) electrons. The summed E-state index contributed by atoms with van der Waals surface area (Å²) in [4.78, 5) is 25.5. The van der Waals surface area contributed by atoms with Gasteiger partial charge in [-0.1, -0.05) is 48.5 Å². The van der Waals surface area contributed by atoms with Crippen LogP contribution >= 0.6 is 23.2 Å². The third-order valence-electron chi connectivity index (χ3n) is 4.13. The van der Waals surface area contributed by atoms with Gasteiger partial charge in [0.15, 0.2) is 0 Å². The van der Waals surface area contributed by atoms with E-state index in [4.69, 9.17) is 23.2 Å². The smallest absolute Gasteiger partial charge is 0.223 e. The first kappa shape index (κ1) is 18.1. The number of benzene rings is 1. The predicted octanol–water partition coefficient (Wildman–Crippen LogP) is 4.19. The molecule has 0 aliphatic heterocycles. The molecule has 1 fully saturated rings. The largest absolute Gasteiger partial charge is 0.353 e. The van der Waals surface area contributed by atoms with E-state index in [-0.39, 0.29) is 30.8 Å². The Kier molecular flexibility index (Phi) is 6.72. The van der Waals surface area contributed by atoms with Gasteiger partial charge in [-0.05, 0) is 25.0 Å². The van der Waals surface area contributed by atoms with Crippen molar-refractivity contribution in [2.45, 2.75) is 51.5 Å². The van der Waals surface area contributed by atoms with Crippen LogP contribution in [-0.4, -0.2) is 24.4 Å². The van der Waals surface area contributed by atoms with Gasteiger partial charge in [0, 0.05) is 25.9 Å². The first-order valence-corrected chi connectivity index (χ1v) is 8.76. The summed E-state index contributed by atoms with van der Waals surface area (Å²) in [6.45, 7) is 1.74. The zero-order chi connectivity index (χ0) is 16.8. The maximum absolute atomic E-state index is 12.1. The van der Waals surface area contributed by atoms with Crippen LogP contribution in [0.3, 0.4) is 0 Å². The van der Waals surface area contributed by atoms with Crippen LogP contribution in [0.2, 0.25) is 10.0 Å². The van der Waals surface area contributed by atoms with Crippen molar-refractivity contribution >= 4 is 40.7 Å². The van der Waals surface area contributed by atoms with Crippen LogP contribution in [0.15, 0.2) is 18.2 Å². The SMILES string of the molecule is CC(=O)N(CCC(=O)NC1CCCCC1)c1cccc(Cl)c1Cl. The van der Waals surface area contributed by atoms with Gasteiger partial charge in [0.05, 0.1) is 15.7 Å². The van der Waals surface area contributed by atoms with Crippen molar-refractivity contribution in [2.75, 3.05) is 11.4 Å². The Labute approximate surface area is 147 Å². The molecule has 0 heterocycles. The Hall–Kier alpha value is -1.26. The van der Waals surface area contributed by atoms with E-state index in [9.17, 15) is 9.59 Å². The molecule has 1 aromatic carbocycles. The molecule has 1 aliphatic rings. The Morgan fingerprint density at radius 2 is 1.91 bits per heavy atom. The van der Waals surface area contributed by atoms with Gasteiger partial charge in [0.25, 0.3) is 0 Å². The molecule has 23 heavy (non-hydrogen) atoms. The highest BCUT2D eigenvalue weighted by Crippen LogP contribution is 2.32. The summed E-state index contributed by atoms with van der Waals surface area (Å²) in [5, 5.41) is 3.78. The van der Waals surface area contributed by atoms with E-state index in [1.807, 2.05) is 0 Å². The first-order chi connectivity index (χ1) is 11.0. The summed E-state index contributed by atoms with van der Waals surface area (Å²) in [7, 11) is 0. The number of rotatable bonds is 5. The number of hydrogen-bond donors (Lipinski definition) is 1. The van der Waals surface area contributed by atoms with Gasteiger partial charge in [-0.2, -0.15) is 0 Å². The highest BCUT2D eigenvalue weighted by Gasteiger charge is 2.19. The molecule has 6 heteroatoms. The van der Waals surface area contributed by atoms with E-state index in [2.05, 4.69) is 5.32 Å². The van der Waals surface area contributed by atoms with Gasteiger partial charge in [-0.15, -0.1) is 0 Å². The van der Waals surface area contributed by atoms with E-state index in [0.29, 0.717) is 15.7 Å². The van der Waals surface area contributed by atoms with Gasteiger partial charge in [0.1, 0.15) is 0 Å². The van der Waals surface area contributed by atoms with E-state index in [1.54, 1.807) is 18.2 Å². The summed E-state index contributed by atoms with van der Waals surface area (Å²) in [6, 6.07) is 5.41. The topological polar surface area (TPSA) is 49.4 Å². The maximum Gasteiger partial charge on any atom is 0.223 e. The summed E-state index contributed by atoms with van der Waals surface area (Å²) in [6.07, 6.45) is 5.92. The molecule has 1 aromatic rings. The van der Waals surface area contributed by atoms with Crippen LogP contribution in [0.4, 0.5) is 5.69 Å². The molecule has 1 aliphatic carbocycles. The fourth-order valence-electron chi connectivity index (χ4n) is 2.91. The van der Waals surface area contributed by atoms with Gasteiger partial charge < -0.3 is 10.2 Å². The van der Waals surface area contributed by atoms with Crippen molar-refractivity contribution < 1.29 is 9.59 Å². The molecule has 1 N–H and O–H groups in total. The number of anilines is 1. The summed E-state index contributed by atoms with van der Waals surface area (Å²) in [5.41, 5.74) is 0.539. The number of nitrogens with one attached hydrogen (secondary N) is 1. The van der Waals surface area contributed by atoms with Crippen molar-refractivity contribution in [3.8, 4) is 0 Å². The third-order valence-corrected chi connectivity index (χ3v) is 4.94.